The SMILES string of the molecule is CCOCC(=O)Nc1ccc2c(c1)N(S(C)(=O)=O)CCC2. The fraction of sp³-hybridized carbons (Fsp3) is 0.500. The van der Waals surface area contributed by atoms with E-state index >= 15 is 0 Å². The van der Waals surface area contributed by atoms with Gasteiger partial charge in [-0.3, -0.25) is 9.10 Å². The van der Waals surface area contributed by atoms with Crippen molar-refractivity contribution in [3.8, 4) is 0 Å². The molecule has 0 fully saturated rings. The quantitative estimate of drug-likeness (QED) is 0.891. The molecule has 116 valence electrons. The standard InChI is InChI=1S/C14H20N2O4S/c1-3-20-10-14(17)15-12-7-6-11-5-4-8-16(13(11)9-12)21(2,18)19/h6-7,9H,3-5,8,10H2,1-2H3,(H,15,17). The molecular formula is C14H20N2O4S. The Morgan fingerprint density at radius 1 is 1.43 bits per heavy atom. The number of nitrogens with zero attached hydrogens (tertiary/aromatic N) is 1. The van der Waals surface area contributed by atoms with Crippen molar-refractivity contribution in [2.45, 2.75) is 19.8 Å². The highest BCUT2D eigenvalue weighted by Gasteiger charge is 2.24. The summed E-state index contributed by atoms with van der Waals surface area (Å²) in [6.07, 6.45) is 2.84. The van der Waals surface area contributed by atoms with Crippen molar-refractivity contribution in [2.24, 2.45) is 0 Å². The minimum absolute atomic E-state index is 0.0105. The molecular weight excluding hydrogens is 292 g/mol. The zero-order valence-electron chi connectivity index (χ0n) is 12.3. The van der Waals surface area contributed by atoms with Crippen molar-refractivity contribution in [1.82, 2.24) is 0 Å². The predicted molar refractivity (Wildman–Crippen MR) is 82.1 cm³/mol. The Kier molecular flexibility index (Phi) is 4.84. The van der Waals surface area contributed by atoms with Gasteiger partial charge in [-0.1, -0.05) is 6.07 Å². The summed E-state index contributed by atoms with van der Waals surface area (Å²) in [6.45, 7) is 2.75. The number of ether oxygens (including phenoxy) is 1. The maximum absolute atomic E-state index is 11.8. The van der Waals surface area contributed by atoms with Crippen LogP contribution in [0.2, 0.25) is 0 Å². The Morgan fingerprint density at radius 2 is 2.19 bits per heavy atom. The summed E-state index contributed by atoms with van der Waals surface area (Å²) in [5.41, 5.74) is 2.21. The number of aryl methyl sites for hydroxylation is 1. The third-order valence-corrected chi connectivity index (χ3v) is 4.46. The fourth-order valence-electron chi connectivity index (χ4n) is 2.36. The van der Waals surface area contributed by atoms with Gasteiger partial charge in [0.05, 0.1) is 11.9 Å². The number of benzene rings is 1. The summed E-state index contributed by atoms with van der Waals surface area (Å²) in [7, 11) is -3.30. The van der Waals surface area contributed by atoms with Crippen molar-refractivity contribution in [2.75, 3.05) is 35.6 Å². The van der Waals surface area contributed by atoms with E-state index in [2.05, 4.69) is 5.32 Å². The highest BCUT2D eigenvalue weighted by molar-refractivity contribution is 7.92. The number of anilines is 2. The van der Waals surface area contributed by atoms with Crippen LogP contribution >= 0.6 is 0 Å². The molecule has 1 heterocycles. The Hall–Kier alpha value is -1.60. The Bertz CT molecular complexity index is 628. The van der Waals surface area contributed by atoms with E-state index in [-0.39, 0.29) is 12.5 Å². The number of hydrogen-bond donors (Lipinski definition) is 1. The number of hydrogen-bond acceptors (Lipinski definition) is 4. The van der Waals surface area contributed by atoms with Crippen molar-refractivity contribution < 1.29 is 17.9 Å². The van der Waals surface area contributed by atoms with Gasteiger partial charge in [0.15, 0.2) is 0 Å². The van der Waals surface area contributed by atoms with Gasteiger partial charge in [0.1, 0.15) is 6.61 Å². The lowest BCUT2D eigenvalue weighted by Crippen LogP contribution is -2.34. The lowest BCUT2D eigenvalue weighted by atomic mass is 10.0. The lowest BCUT2D eigenvalue weighted by molar-refractivity contribution is -0.120. The third-order valence-electron chi connectivity index (χ3n) is 3.28. The van der Waals surface area contributed by atoms with Gasteiger partial charge in [0, 0.05) is 18.8 Å². The summed E-state index contributed by atoms with van der Waals surface area (Å²) in [5.74, 6) is -0.251. The number of amides is 1. The molecule has 1 N–H and O–H groups in total. The van der Waals surface area contributed by atoms with Crippen LogP contribution in [0.4, 0.5) is 11.4 Å². The topological polar surface area (TPSA) is 75.7 Å². The molecule has 2 rings (SSSR count). The lowest BCUT2D eigenvalue weighted by Gasteiger charge is -2.29. The first kappa shape index (κ1) is 15.8. The van der Waals surface area contributed by atoms with E-state index in [0.717, 1.165) is 18.4 Å². The van der Waals surface area contributed by atoms with Crippen molar-refractivity contribution >= 4 is 27.3 Å². The van der Waals surface area contributed by atoms with Crippen molar-refractivity contribution in [3.05, 3.63) is 23.8 Å². The van der Waals surface area contributed by atoms with Gasteiger partial charge in [-0.15, -0.1) is 0 Å². The van der Waals surface area contributed by atoms with Crippen LogP contribution in [-0.2, 0) is 26.0 Å². The highest BCUT2D eigenvalue weighted by atomic mass is 32.2. The summed E-state index contributed by atoms with van der Waals surface area (Å²) in [5, 5.41) is 2.71. The van der Waals surface area contributed by atoms with Gasteiger partial charge in [-0.25, -0.2) is 8.42 Å². The first-order valence-electron chi connectivity index (χ1n) is 6.90. The van der Waals surface area contributed by atoms with Crippen molar-refractivity contribution in [3.63, 3.8) is 0 Å². The Balaban J connectivity index is 2.22. The molecule has 7 heteroatoms. The van der Waals surface area contributed by atoms with Gasteiger partial charge >= 0.3 is 0 Å². The Morgan fingerprint density at radius 3 is 2.86 bits per heavy atom. The minimum atomic E-state index is -3.30. The predicted octanol–water partition coefficient (Wildman–Crippen LogP) is 1.37. The minimum Gasteiger partial charge on any atom is -0.372 e. The first-order valence-corrected chi connectivity index (χ1v) is 8.75. The number of sulfonamides is 1. The molecule has 0 aromatic heterocycles. The first-order chi connectivity index (χ1) is 9.91. The largest absolute Gasteiger partial charge is 0.372 e. The summed E-state index contributed by atoms with van der Waals surface area (Å²) in [4.78, 5) is 11.6. The number of rotatable bonds is 5. The van der Waals surface area contributed by atoms with Gasteiger partial charge in [0.2, 0.25) is 15.9 Å². The summed E-state index contributed by atoms with van der Waals surface area (Å²) < 4.78 is 30.1. The molecule has 1 aliphatic heterocycles. The smallest absolute Gasteiger partial charge is 0.250 e. The maximum atomic E-state index is 11.8. The van der Waals surface area contributed by atoms with E-state index < -0.39 is 10.0 Å². The normalized spacial score (nSPS) is 14.7. The number of nitrogens with one attached hydrogen (secondary N) is 1. The zero-order valence-corrected chi connectivity index (χ0v) is 13.1. The highest BCUT2D eigenvalue weighted by Crippen LogP contribution is 2.31. The maximum Gasteiger partial charge on any atom is 0.250 e. The van der Waals surface area contributed by atoms with Crippen LogP contribution in [0.25, 0.3) is 0 Å². The zero-order chi connectivity index (χ0) is 15.5. The molecule has 0 saturated carbocycles. The monoisotopic (exact) mass is 312 g/mol. The van der Waals surface area contributed by atoms with E-state index in [0.29, 0.717) is 24.5 Å². The third kappa shape index (κ3) is 3.95. The van der Waals surface area contributed by atoms with Gasteiger partial charge in [-0.2, -0.15) is 0 Å². The number of carbonyl (C=O) groups excluding carboxylic acids is 1. The molecule has 0 unspecified atom stereocenters. The molecule has 21 heavy (non-hydrogen) atoms. The van der Waals surface area contributed by atoms with Gasteiger partial charge < -0.3 is 10.1 Å². The van der Waals surface area contributed by atoms with E-state index in [1.54, 1.807) is 12.1 Å². The fourth-order valence-corrected chi connectivity index (χ4v) is 3.34. The van der Waals surface area contributed by atoms with Crippen LogP contribution < -0.4 is 9.62 Å². The van der Waals surface area contributed by atoms with Gasteiger partial charge in [0.25, 0.3) is 0 Å². The molecule has 0 bridgehead atoms. The molecule has 1 amide bonds. The van der Waals surface area contributed by atoms with Crippen LogP contribution in [0.1, 0.15) is 18.9 Å². The van der Waals surface area contributed by atoms with E-state index in [1.165, 1.54) is 10.6 Å². The molecule has 0 atom stereocenters. The molecule has 0 aliphatic carbocycles. The van der Waals surface area contributed by atoms with Crippen LogP contribution in [-0.4, -0.2) is 40.3 Å². The van der Waals surface area contributed by atoms with Crippen LogP contribution in [0.5, 0.6) is 0 Å². The van der Waals surface area contributed by atoms with Crippen LogP contribution in [0, 0.1) is 0 Å². The molecule has 0 saturated heterocycles. The van der Waals surface area contributed by atoms with Gasteiger partial charge in [-0.05, 0) is 37.5 Å². The van der Waals surface area contributed by atoms with E-state index in [1.807, 2.05) is 13.0 Å². The molecule has 0 spiro atoms. The second-order valence-corrected chi connectivity index (χ2v) is 6.87. The van der Waals surface area contributed by atoms with Crippen molar-refractivity contribution in [1.29, 1.82) is 0 Å². The van der Waals surface area contributed by atoms with E-state index in [9.17, 15) is 13.2 Å². The van der Waals surface area contributed by atoms with Crippen LogP contribution in [0.3, 0.4) is 0 Å². The summed E-state index contributed by atoms with van der Waals surface area (Å²) in [6, 6.07) is 5.36. The Labute approximate surface area is 125 Å². The average Bonchev–Trinajstić information content (AvgIpc) is 2.43. The summed E-state index contributed by atoms with van der Waals surface area (Å²) >= 11 is 0. The van der Waals surface area contributed by atoms with E-state index in [4.69, 9.17) is 4.74 Å². The van der Waals surface area contributed by atoms with Crippen LogP contribution in [0.15, 0.2) is 18.2 Å². The molecule has 0 radical (unpaired) electrons. The second kappa shape index (κ2) is 6.44. The number of fused-ring (bicyclic) bond motifs is 1. The molecule has 1 aromatic rings. The molecule has 6 nitrogen and oxygen atoms in total. The molecule has 1 aromatic carbocycles. The number of carbonyl (C=O) groups is 1. The second-order valence-electron chi connectivity index (χ2n) is 4.97. The average molecular weight is 312 g/mol. The molecule has 1 aliphatic rings.